The zero-order valence-electron chi connectivity index (χ0n) is 25.4. The summed E-state index contributed by atoms with van der Waals surface area (Å²) in [5, 5.41) is 24.3. The van der Waals surface area contributed by atoms with Gasteiger partial charge < -0.3 is 19.7 Å². The van der Waals surface area contributed by atoms with Crippen LogP contribution in [-0.4, -0.2) is 39.8 Å². The van der Waals surface area contributed by atoms with Crippen molar-refractivity contribution in [1.29, 1.82) is 0 Å². The number of rotatable bonds is 13. The molecule has 3 aromatic rings. The van der Waals surface area contributed by atoms with E-state index in [2.05, 4.69) is 33.5 Å². The number of amides is 2. The first kappa shape index (κ1) is 33.4. The van der Waals surface area contributed by atoms with E-state index >= 15 is 0 Å². The summed E-state index contributed by atoms with van der Waals surface area (Å²) in [5.74, 6) is -1.54. The highest BCUT2D eigenvalue weighted by Crippen LogP contribution is 2.31. The highest BCUT2D eigenvalue weighted by Gasteiger charge is 2.24. The van der Waals surface area contributed by atoms with Gasteiger partial charge in [0.1, 0.15) is 11.3 Å². The van der Waals surface area contributed by atoms with Crippen LogP contribution in [0.15, 0.2) is 65.0 Å². The molecule has 0 saturated heterocycles. The fourth-order valence-corrected chi connectivity index (χ4v) is 5.04. The summed E-state index contributed by atoms with van der Waals surface area (Å²) < 4.78 is 7.03. The van der Waals surface area contributed by atoms with Crippen LogP contribution in [0, 0.1) is 0 Å². The van der Waals surface area contributed by atoms with Gasteiger partial charge in [-0.3, -0.25) is 14.9 Å². The smallest absolute Gasteiger partial charge is 0.412 e. The molecule has 2 amide bonds. The van der Waals surface area contributed by atoms with Gasteiger partial charge >= 0.3 is 12.1 Å². The van der Waals surface area contributed by atoms with Gasteiger partial charge in [-0.1, -0.05) is 37.6 Å². The number of carboxylic acids is 1. The summed E-state index contributed by atoms with van der Waals surface area (Å²) in [6.07, 6.45) is 3.21. The molecule has 1 unspecified atom stereocenters. The number of azo groups is 1. The molecule has 3 rings (SSSR count). The van der Waals surface area contributed by atoms with Crippen molar-refractivity contribution < 1.29 is 24.2 Å². The number of unbranched alkanes of at least 4 members (excludes halogenated alkanes) is 1. The molecular formula is C32H41N5O5S. The van der Waals surface area contributed by atoms with Gasteiger partial charge in [0.05, 0.1) is 23.0 Å². The third-order valence-corrected chi connectivity index (χ3v) is 7.05. The number of hydrogen-bond donors (Lipinski definition) is 4. The van der Waals surface area contributed by atoms with E-state index in [4.69, 9.17) is 4.74 Å². The van der Waals surface area contributed by atoms with E-state index in [-0.39, 0.29) is 5.91 Å². The minimum absolute atomic E-state index is 0.264. The minimum Gasteiger partial charge on any atom is -0.481 e. The van der Waals surface area contributed by atoms with Gasteiger partial charge in [-0.05, 0) is 75.4 Å². The van der Waals surface area contributed by atoms with Gasteiger partial charge in [-0.2, -0.15) is 22.9 Å². The number of hydrogen-bond acceptors (Lipinski definition) is 7. The normalized spacial score (nSPS) is 12.2. The molecule has 230 valence electrons. The predicted molar refractivity (Wildman–Crippen MR) is 171 cm³/mol. The SMILES string of the molecule is CCc1c(NC(=O)OC(C)(C)C)cn(C)c1C(=O)NCCCCC(C(=O)O)c1cc(N=Nc2ccccc2)ccc1CS. The van der Waals surface area contributed by atoms with Crippen molar-refractivity contribution in [2.24, 2.45) is 17.3 Å². The van der Waals surface area contributed by atoms with E-state index in [1.54, 1.807) is 50.7 Å². The van der Waals surface area contributed by atoms with Crippen molar-refractivity contribution in [3.05, 3.63) is 77.1 Å². The number of carboxylic acid groups (broad SMARTS) is 1. The van der Waals surface area contributed by atoms with E-state index in [1.165, 1.54) is 0 Å². The Hall–Kier alpha value is -4.12. The van der Waals surface area contributed by atoms with Crippen molar-refractivity contribution in [1.82, 2.24) is 9.88 Å². The molecular weight excluding hydrogens is 566 g/mol. The molecule has 0 saturated carbocycles. The lowest BCUT2D eigenvalue weighted by molar-refractivity contribution is -0.139. The van der Waals surface area contributed by atoms with Crippen molar-refractivity contribution in [3.8, 4) is 0 Å². The van der Waals surface area contributed by atoms with E-state index in [1.807, 2.05) is 43.3 Å². The van der Waals surface area contributed by atoms with Gasteiger partial charge in [0.2, 0.25) is 0 Å². The van der Waals surface area contributed by atoms with E-state index in [0.717, 1.165) is 5.56 Å². The van der Waals surface area contributed by atoms with Crippen LogP contribution in [0.3, 0.4) is 0 Å². The summed E-state index contributed by atoms with van der Waals surface area (Å²) in [6.45, 7) is 7.64. The number of nitrogens with zero attached hydrogens (tertiary/aromatic N) is 3. The van der Waals surface area contributed by atoms with Gasteiger partial charge in [0.25, 0.3) is 5.91 Å². The second kappa shape index (κ2) is 15.4. The first-order valence-corrected chi connectivity index (χ1v) is 15.0. The molecule has 0 fully saturated rings. The molecule has 0 aliphatic carbocycles. The van der Waals surface area contributed by atoms with E-state index < -0.39 is 23.6 Å². The maximum atomic E-state index is 13.1. The Morgan fingerprint density at radius 1 is 1.05 bits per heavy atom. The van der Waals surface area contributed by atoms with Crippen LogP contribution in [0.5, 0.6) is 0 Å². The minimum atomic E-state index is -0.925. The zero-order chi connectivity index (χ0) is 31.6. The fourth-order valence-electron chi connectivity index (χ4n) is 4.75. The van der Waals surface area contributed by atoms with E-state index in [9.17, 15) is 19.5 Å². The molecule has 11 heteroatoms. The maximum Gasteiger partial charge on any atom is 0.412 e. The number of thiol groups is 1. The predicted octanol–water partition coefficient (Wildman–Crippen LogP) is 7.55. The lowest BCUT2D eigenvalue weighted by Crippen LogP contribution is -2.28. The Morgan fingerprint density at radius 2 is 1.74 bits per heavy atom. The molecule has 1 heterocycles. The second-order valence-corrected chi connectivity index (χ2v) is 11.5. The first-order valence-electron chi connectivity index (χ1n) is 14.3. The molecule has 0 aliphatic heterocycles. The lowest BCUT2D eigenvalue weighted by Gasteiger charge is -2.19. The second-order valence-electron chi connectivity index (χ2n) is 11.2. The summed E-state index contributed by atoms with van der Waals surface area (Å²) in [5.41, 5.74) is 3.81. The summed E-state index contributed by atoms with van der Waals surface area (Å²) in [6, 6.07) is 14.7. The number of aliphatic carboxylic acids is 1. The number of carbonyl (C=O) groups excluding carboxylic acids is 2. The highest BCUT2D eigenvalue weighted by molar-refractivity contribution is 7.79. The van der Waals surface area contributed by atoms with Crippen LogP contribution >= 0.6 is 12.6 Å². The van der Waals surface area contributed by atoms with Gasteiger partial charge in [0, 0.05) is 31.1 Å². The number of aromatic nitrogens is 1. The standard InChI is InChI=1S/C32H41N5O5S/c1-6-24-27(34-31(41)42-32(2,3)4)19-37(5)28(24)29(38)33-17-11-10-14-25(30(39)40)26-18-23(16-15-21(26)20-43)36-35-22-12-8-7-9-13-22/h7-9,12-13,15-16,18-19,25,43H,6,10-11,14,17,20H2,1-5H3,(H,33,38)(H,34,41)(H,39,40). The molecule has 2 aromatic carbocycles. The monoisotopic (exact) mass is 607 g/mol. The average Bonchev–Trinajstić information content (AvgIpc) is 3.27. The molecule has 0 radical (unpaired) electrons. The molecule has 0 spiro atoms. The van der Waals surface area contributed by atoms with Crippen molar-refractivity contribution in [2.75, 3.05) is 11.9 Å². The average molecular weight is 608 g/mol. The van der Waals surface area contributed by atoms with Crippen LogP contribution in [0.1, 0.15) is 80.1 Å². The first-order chi connectivity index (χ1) is 20.4. The number of ether oxygens (including phenoxy) is 1. The Labute approximate surface area is 258 Å². The molecule has 1 aromatic heterocycles. The molecule has 1 atom stereocenters. The Balaban J connectivity index is 1.61. The van der Waals surface area contributed by atoms with Crippen LogP contribution in [0.25, 0.3) is 0 Å². The Morgan fingerprint density at radius 3 is 2.37 bits per heavy atom. The number of nitrogens with one attached hydrogen (secondary N) is 2. The zero-order valence-corrected chi connectivity index (χ0v) is 26.3. The quantitative estimate of drug-likeness (QED) is 0.0904. The van der Waals surface area contributed by atoms with Gasteiger partial charge in [-0.25, -0.2) is 4.79 Å². The molecule has 0 aliphatic rings. The highest BCUT2D eigenvalue weighted by atomic mass is 32.1. The molecule has 10 nitrogen and oxygen atoms in total. The summed E-state index contributed by atoms with van der Waals surface area (Å²) in [7, 11) is 1.75. The number of anilines is 1. The van der Waals surface area contributed by atoms with E-state index in [0.29, 0.717) is 71.9 Å². The molecule has 3 N–H and O–H groups in total. The van der Waals surface area contributed by atoms with Gasteiger partial charge in [0.15, 0.2) is 0 Å². The third kappa shape index (κ3) is 9.71. The van der Waals surface area contributed by atoms with Crippen LogP contribution < -0.4 is 10.6 Å². The summed E-state index contributed by atoms with van der Waals surface area (Å²) in [4.78, 5) is 37.7. The third-order valence-electron chi connectivity index (χ3n) is 6.71. The lowest BCUT2D eigenvalue weighted by atomic mass is 9.90. The van der Waals surface area contributed by atoms with Gasteiger partial charge in [-0.15, -0.1) is 0 Å². The van der Waals surface area contributed by atoms with Crippen LogP contribution in [0.4, 0.5) is 21.9 Å². The largest absolute Gasteiger partial charge is 0.481 e. The van der Waals surface area contributed by atoms with Crippen molar-refractivity contribution in [3.63, 3.8) is 0 Å². The summed E-state index contributed by atoms with van der Waals surface area (Å²) >= 11 is 4.40. The van der Waals surface area contributed by atoms with Crippen molar-refractivity contribution >= 4 is 47.7 Å². The Bertz CT molecular complexity index is 1450. The van der Waals surface area contributed by atoms with Crippen LogP contribution in [-0.2, 0) is 28.8 Å². The molecule has 43 heavy (non-hydrogen) atoms. The fraction of sp³-hybridized carbons (Fsp3) is 0.406. The maximum absolute atomic E-state index is 13.1. The molecule has 0 bridgehead atoms. The van der Waals surface area contributed by atoms with Crippen LogP contribution in [0.2, 0.25) is 0 Å². The van der Waals surface area contributed by atoms with Crippen molar-refractivity contribution in [2.45, 2.75) is 70.7 Å². The number of aryl methyl sites for hydroxylation is 1. The Kier molecular flexibility index (Phi) is 11.9. The number of benzene rings is 2. The number of carbonyl (C=O) groups is 3. The topological polar surface area (TPSA) is 134 Å².